The van der Waals surface area contributed by atoms with E-state index in [0.717, 1.165) is 0 Å². The topological polar surface area (TPSA) is 46.5 Å². The van der Waals surface area contributed by atoms with Crippen molar-refractivity contribution >= 4 is 5.97 Å². The van der Waals surface area contributed by atoms with Crippen molar-refractivity contribution in [1.29, 1.82) is 0 Å². The van der Waals surface area contributed by atoms with Gasteiger partial charge in [-0.3, -0.25) is 0 Å². The summed E-state index contributed by atoms with van der Waals surface area (Å²) in [5, 5.41) is 9.16. The first-order chi connectivity index (χ1) is 8.27. The second kappa shape index (κ2) is 5.16. The molecule has 0 heterocycles. The molecule has 0 aliphatic carbocycles. The van der Waals surface area contributed by atoms with Crippen LogP contribution in [0.1, 0.15) is 11.7 Å². The van der Waals surface area contributed by atoms with Gasteiger partial charge < -0.3 is 9.84 Å². The third kappa shape index (κ3) is 2.84. The Labute approximate surface area is 99.3 Å². The fourth-order valence-electron chi connectivity index (χ4n) is 1.52. The third-order valence-electron chi connectivity index (χ3n) is 2.32. The Morgan fingerprint density at radius 3 is 2.00 bits per heavy atom. The first-order valence-corrected chi connectivity index (χ1v) is 5.27. The normalized spacial score (nSPS) is 11.8. The number of hydrogen-bond donors (Lipinski definition) is 1. The van der Waals surface area contributed by atoms with Crippen LogP contribution in [-0.2, 0) is 4.79 Å². The lowest BCUT2D eigenvalue weighted by Crippen LogP contribution is -2.17. The SMILES string of the molecule is O=C(O)[C@H](Oc1ccccc1)c1ccccc1. The molecule has 86 valence electrons. The molecule has 0 saturated carbocycles. The van der Waals surface area contributed by atoms with Crippen LogP contribution in [-0.4, -0.2) is 11.1 Å². The second-order valence-corrected chi connectivity index (χ2v) is 3.56. The van der Waals surface area contributed by atoms with E-state index in [1.54, 1.807) is 48.5 Å². The number of benzene rings is 2. The largest absolute Gasteiger partial charge is 0.478 e. The van der Waals surface area contributed by atoms with Crippen LogP contribution in [0, 0.1) is 0 Å². The molecule has 0 spiro atoms. The standard InChI is InChI=1S/C14H12O3/c15-14(16)13(11-7-3-1-4-8-11)17-12-9-5-2-6-10-12/h1-10,13H,(H,15,16)/t13-/m1/s1. The van der Waals surface area contributed by atoms with Gasteiger partial charge in [-0.15, -0.1) is 0 Å². The maximum atomic E-state index is 11.2. The zero-order chi connectivity index (χ0) is 12.1. The minimum Gasteiger partial charge on any atom is -0.478 e. The Balaban J connectivity index is 2.23. The molecule has 0 aliphatic rings. The number of carboxylic acid groups (broad SMARTS) is 1. The molecular formula is C14H12O3. The van der Waals surface area contributed by atoms with Gasteiger partial charge in [0.2, 0.25) is 6.10 Å². The number of carbonyl (C=O) groups is 1. The smallest absolute Gasteiger partial charge is 0.349 e. The summed E-state index contributed by atoms with van der Waals surface area (Å²) in [6, 6.07) is 17.8. The quantitative estimate of drug-likeness (QED) is 0.875. The van der Waals surface area contributed by atoms with Crippen molar-refractivity contribution in [2.45, 2.75) is 6.10 Å². The van der Waals surface area contributed by atoms with Gasteiger partial charge in [-0.2, -0.15) is 0 Å². The molecule has 2 aromatic rings. The minimum absolute atomic E-state index is 0.545. The van der Waals surface area contributed by atoms with Crippen molar-refractivity contribution in [3.05, 3.63) is 66.2 Å². The van der Waals surface area contributed by atoms with Gasteiger partial charge in [0, 0.05) is 5.56 Å². The second-order valence-electron chi connectivity index (χ2n) is 3.56. The van der Waals surface area contributed by atoms with Gasteiger partial charge in [0.1, 0.15) is 5.75 Å². The number of ether oxygens (including phenoxy) is 1. The first-order valence-electron chi connectivity index (χ1n) is 5.27. The number of rotatable bonds is 4. The highest BCUT2D eigenvalue weighted by atomic mass is 16.5. The summed E-state index contributed by atoms with van der Waals surface area (Å²) < 4.78 is 5.46. The predicted molar refractivity (Wildman–Crippen MR) is 63.9 cm³/mol. The molecular weight excluding hydrogens is 216 g/mol. The van der Waals surface area contributed by atoms with Crippen molar-refractivity contribution < 1.29 is 14.6 Å². The van der Waals surface area contributed by atoms with Gasteiger partial charge in [-0.25, -0.2) is 4.79 Å². The molecule has 17 heavy (non-hydrogen) atoms. The Bertz CT molecular complexity index is 479. The van der Waals surface area contributed by atoms with E-state index < -0.39 is 12.1 Å². The Morgan fingerprint density at radius 2 is 1.47 bits per heavy atom. The molecule has 0 aliphatic heterocycles. The number of hydrogen-bond acceptors (Lipinski definition) is 2. The van der Waals surface area contributed by atoms with Gasteiger partial charge in [0.05, 0.1) is 0 Å². The molecule has 1 atom stereocenters. The molecule has 0 radical (unpaired) electrons. The zero-order valence-corrected chi connectivity index (χ0v) is 9.11. The molecule has 0 amide bonds. The minimum atomic E-state index is -1.000. The summed E-state index contributed by atoms with van der Waals surface area (Å²) in [6.45, 7) is 0. The average molecular weight is 228 g/mol. The molecule has 0 aromatic heterocycles. The van der Waals surface area contributed by atoms with Gasteiger partial charge in [-0.05, 0) is 12.1 Å². The third-order valence-corrected chi connectivity index (χ3v) is 2.32. The Hall–Kier alpha value is -2.29. The van der Waals surface area contributed by atoms with Crippen LogP contribution in [0.4, 0.5) is 0 Å². The van der Waals surface area contributed by atoms with E-state index in [2.05, 4.69) is 0 Å². The lowest BCUT2D eigenvalue weighted by atomic mass is 10.1. The number of aliphatic carboxylic acids is 1. The number of carboxylic acids is 1. The van der Waals surface area contributed by atoms with Crippen molar-refractivity contribution in [2.75, 3.05) is 0 Å². The highest BCUT2D eigenvalue weighted by Gasteiger charge is 2.21. The van der Waals surface area contributed by atoms with Crippen LogP contribution in [0.3, 0.4) is 0 Å². The lowest BCUT2D eigenvalue weighted by molar-refractivity contribution is -0.145. The van der Waals surface area contributed by atoms with Gasteiger partial charge in [0.25, 0.3) is 0 Å². The summed E-state index contributed by atoms with van der Waals surface area (Å²) in [7, 11) is 0. The maximum Gasteiger partial charge on any atom is 0.349 e. The monoisotopic (exact) mass is 228 g/mol. The summed E-state index contributed by atoms with van der Waals surface area (Å²) in [4.78, 5) is 11.2. The van der Waals surface area contributed by atoms with Gasteiger partial charge in [-0.1, -0.05) is 48.5 Å². The molecule has 0 unspecified atom stereocenters. The fraction of sp³-hybridized carbons (Fsp3) is 0.0714. The summed E-state index contributed by atoms with van der Waals surface area (Å²) >= 11 is 0. The van der Waals surface area contributed by atoms with E-state index in [1.165, 1.54) is 0 Å². The average Bonchev–Trinajstić information content (AvgIpc) is 2.38. The molecule has 2 aromatic carbocycles. The maximum absolute atomic E-state index is 11.2. The van der Waals surface area contributed by atoms with Crippen molar-refractivity contribution in [2.24, 2.45) is 0 Å². The molecule has 0 bridgehead atoms. The van der Waals surface area contributed by atoms with Crippen LogP contribution in [0.5, 0.6) is 5.75 Å². The summed E-state index contributed by atoms with van der Waals surface area (Å²) in [5.41, 5.74) is 0.629. The van der Waals surface area contributed by atoms with Crippen LogP contribution in [0.2, 0.25) is 0 Å². The van der Waals surface area contributed by atoms with Crippen LogP contribution in [0.15, 0.2) is 60.7 Å². The van der Waals surface area contributed by atoms with E-state index >= 15 is 0 Å². The van der Waals surface area contributed by atoms with E-state index in [4.69, 9.17) is 9.84 Å². The van der Waals surface area contributed by atoms with E-state index in [0.29, 0.717) is 11.3 Å². The summed E-state index contributed by atoms with van der Waals surface area (Å²) in [6.07, 6.45) is -0.974. The number of para-hydroxylation sites is 1. The zero-order valence-electron chi connectivity index (χ0n) is 9.11. The molecule has 3 heteroatoms. The van der Waals surface area contributed by atoms with Crippen molar-refractivity contribution in [3.63, 3.8) is 0 Å². The Kier molecular flexibility index (Phi) is 3.40. The Morgan fingerprint density at radius 1 is 0.941 bits per heavy atom. The van der Waals surface area contributed by atoms with Crippen molar-refractivity contribution in [1.82, 2.24) is 0 Å². The lowest BCUT2D eigenvalue weighted by Gasteiger charge is -2.15. The predicted octanol–water partition coefficient (Wildman–Crippen LogP) is 2.89. The van der Waals surface area contributed by atoms with E-state index in [9.17, 15) is 4.79 Å². The van der Waals surface area contributed by atoms with Crippen LogP contribution >= 0.6 is 0 Å². The molecule has 3 nitrogen and oxygen atoms in total. The van der Waals surface area contributed by atoms with E-state index in [-0.39, 0.29) is 0 Å². The van der Waals surface area contributed by atoms with Gasteiger partial charge >= 0.3 is 5.97 Å². The molecule has 0 saturated heterocycles. The van der Waals surface area contributed by atoms with Crippen LogP contribution < -0.4 is 4.74 Å². The molecule has 1 N–H and O–H groups in total. The van der Waals surface area contributed by atoms with Gasteiger partial charge in [0.15, 0.2) is 0 Å². The van der Waals surface area contributed by atoms with Crippen LogP contribution in [0.25, 0.3) is 0 Å². The molecule has 0 fully saturated rings. The van der Waals surface area contributed by atoms with E-state index in [1.807, 2.05) is 12.1 Å². The summed E-state index contributed by atoms with van der Waals surface area (Å²) in [5.74, 6) is -0.455. The fourth-order valence-corrected chi connectivity index (χ4v) is 1.52. The highest BCUT2D eigenvalue weighted by Crippen LogP contribution is 2.21. The highest BCUT2D eigenvalue weighted by molar-refractivity contribution is 5.74. The first kappa shape index (κ1) is 11.2. The molecule has 2 rings (SSSR count). The van der Waals surface area contributed by atoms with Crippen molar-refractivity contribution in [3.8, 4) is 5.75 Å².